The fraction of sp³-hybridized carbons (Fsp3) is 1.00. The first-order chi connectivity index (χ1) is 6.44. The summed E-state index contributed by atoms with van der Waals surface area (Å²) in [6, 6.07) is 0. The summed E-state index contributed by atoms with van der Waals surface area (Å²) < 4.78 is 22.3. The average molecular weight is 239 g/mol. The Morgan fingerprint density at radius 1 is 1.57 bits per heavy atom. The van der Waals surface area contributed by atoms with Crippen LogP contribution < -0.4 is 5.73 Å². The number of aliphatic hydroxyl groups is 1. The zero-order valence-corrected chi connectivity index (χ0v) is 9.85. The van der Waals surface area contributed by atoms with Gasteiger partial charge in [0.25, 0.3) is 0 Å². The van der Waals surface area contributed by atoms with Gasteiger partial charge in [-0.2, -0.15) is 11.8 Å². The van der Waals surface area contributed by atoms with Gasteiger partial charge in [-0.3, -0.25) is 0 Å². The van der Waals surface area contributed by atoms with E-state index in [1.807, 2.05) is 6.92 Å². The monoisotopic (exact) mass is 239 g/mol. The third-order valence-corrected chi connectivity index (χ3v) is 5.87. The van der Waals surface area contributed by atoms with Gasteiger partial charge in [-0.05, 0) is 18.2 Å². The average Bonchev–Trinajstić information content (AvgIpc) is 2.35. The summed E-state index contributed by atoms with van der Waals surface area (Å²) in [5, 5.41) is 9.32. The summed E-state index contributed by atoms with van der Waals surface area (Å²) in [5.74, 6) is 1.21. The van der Waals surface area contributed by atoms with Crippen LogP contribution in [0.5, 0.6) is 0 Å². The molecule has 1 fully saturated rings. The number of sulfone groups is 1. The molecule has 6 heteroatoms. The molecular formula is C8H17NO3S2. The zero-order valence-electron chi connectivity index (χ0n) is 8.22. The summed E-state index contributed by atoms with van der Waals surface area (Å²) in [6.45, 7) is 2.62. The van der Waals surface area contributed by atoms with Crippen LogP contribution in [-0.4, -0.2) is 48.7 Å². The maximum atomic E-state index is 11.2. The number of thioether (sulfide) groups is 1. The summed E-state index contributed by atoms with van der Waals surface area (Å²) in [6.07, 6.45) is -0.699. The number of rotatable bonds is 4. The van der Waals surface area contributed by atoms with Gasteiger partial charge in [0.05, 0.1) is 17.6 Å². The molecule has 4 nitrogen and oxygen atoms in total. The minimum atomic E-state index is -3.00. The Kier molecular flexibility index (Phi) is 4.24. The van der Waals surface area contributed by atoms with Gasteiger partial charge in [-0.1, -0.05) is 6.92 Å². The molecule has 0 aromatic heterocycles. The predicted octanol–water partition coefficient (Wildman–Crippen LogP) is -0.528. The molecule has 0 bridgehead atoms. The molecule has 0 radical (unpaired) electrons. The van der Waals surface area contributed by atoms with E-state index in [2.05, 4.69) is 0 Å². The number of aliphatic hydroxyl groups excluding tert-OH is 1. The number of nitrogens with two attached hydrogens (primary N) is 1. The lowest BCUT2D eigenvalue weighted by atomic mass is 10.2. The molecule has 1 aliphatic rings. The van der Waals surface area contributed by atoms with Gasteiger partial charge in [0.15, 0.2) is 9.84 Å². The maximum absolute atomic E-state index is 11.2. The van der Waals surface area contributed by atoms with Crippen LogP contribution >= 0.6 is 11.8 Å². The Labute approximate surface area is 89.2 Å². The molecule has 1 heterocycles. The molecule has 0 aromatic carbocycles. The van der Waals surface area contributed by atoms with E-state index < -0.39 is 15.9 Å². The molecule has 0 spiro atoms. The highest BCUT2D eigenvalue weighted by atomic mass is 32.2. The summed E-state index contributed by atoms with van der Waals surface area (Å²) in [7, 11) is -3.00. The first kappa shape index (κ1) is 12.3. The molecular weight excluding hydrogens is 222 g/mol. The maximum Gasteiger partial charge on any atom is 0.154 e. The number of hydrogen-bond donors (Lipinski definition) is 2. The molecule has 14 heavy (non-hydrogen) atoms. The summed E-state index contributed by atoms with van der Waals surface area (Å²) >= 11 is 1.52. The third kappa shape index (κ3) is 3.42. The van der Waals surface area contributed by atoms with E-state index >= 15 is 0 Å². The normalized spacial score (nSPS) is 33.1. The smallest absolute Gasteiger partial charge is 0.154 e. The van der Waals surface area contributed by atoms with Crippen LogP contribution in [0.15, 0.2) is 0 Å². The van der Waals surface area contributed by atoms with Crippen molar-refractivity contribution < 1.29 is 13.5 Å². The van der Waals surface area contributed by atoms with E-state index in [4.69, 9.17) is 5.73 Å². The fourth-order valence-electron chi connectivity index (χ4n) is 1.31. The van der Waals surface area contributed by atoms with Crippen molar-refractivity contribution in [2.45, 2.75) is 18.3 Å². The lowest BCUT2D eigenvalue weighted by molar-refractivity contribution is 0.207. The van der Waals surface area contributed by atoms with Crippen molar-refractivity contribution in [2.24, 2.45) is 11.7 Å². The Morgan fingerprint density at radius 3 is 2.64 bits per heavy atom. The standard InChI is InChI=1S/C8H17NO3S2/c1-6(2-9)3-13-8-5-14(11,12)4-7(8)10/h6-8,10H,2-5,9H2,1H3. The minimum Gasteiger partial charge on any atom is -0.391 e. The zero-order chi connectivity index (χ0) is 10.8. The van der Waals surface area contributed by atoms with Gasteiger partial charge >= 0.3 is 0 Å². The Bertz CT molecular complexity index is 278. The quantitative estimate of drug-likeness (QED) is 0.689. The van der Waals surface area contributed by atoms with E-state index in [1.54, 1.807) is 0 Å². The topological polar surface area (TPSA) is 80.4 Å². The second-order valence-electron chi connectivity index (χ2n) is 3.86. The molecule has 0 saturated carbocycles. The van der Waals surface area contributed by atoms with Crippen LogP contribution in [0, 0.1) is 5.92 Å². The summed E-state index contributed by atoms with van der Waals surface area (Å²) in [4.78, 5) is 0. The third-order valence-electron chi connectivity index (χ3n) is 2.27. The van der Waals surface area contributed by atoms with E-state index in [1.165, 1.54) is 11.8 Å². The first-order valence-electron chi connectivity index (χ1n) is 4.65. The number of hydrogen-bond acceptors (Lipinski definition) is 5. The van der Waals surface area contributed by atoms with Gasteiger partial charge in [-0.15, -0.1) is 0 Å². The van der Waals surface area contributed by atoms with Crippen molar-refractivity contribution in [3.8, 4) is 0 Å². The van der Waals surface area contributed by atoms with Gasteiger partial charge in [0.1, 0.15) is 0 Å². The van der Waals surface area contributed by atoms with Crippen molar-refractivity contribution in [1.29, 1.82) is 0 Å². The highest BCUT2D eigenvalue weighted by molar-refractivity contribution is 8.01. The molecule has 0 amide bonds. The molecule has 1 aliphatic heterocycles. The van der Waals surface area contributed by atoms with Gasteiger partial charge in [-0.25, -0.2) is 8.42 Å². The molecule has 3 N–H and O–H groups in total. The molecule has 84 valence electrons. The second kappa shape index (κ2) is 4.83. The highest BCUT2D eigenvalue weighted by Gasteiger charge is 2.36. The molecule has 3 unspecified atom stereocenters. The molecule has 0 aliphatic carbocycles. The largest absolute Gasteiger partial charge is 0.391 e. The van der Waals surface area contributed by atoms with Crippen LogP contribution in [0.4, 0.5) is 0 Å². The van der Waals surface area contributed by atoms with Crippen molar-refractivity contribution >= 4 is 21.6 Å². The van der Waals surface area contributed by atoms with Crippen molar-refractivity contribution in [1.82, 2.24) is 0 Å². The van der Waals surface area contributed by atoms with Gasteiger partial charge in [0.2, 0.25) is 0 Å². The lowest BCUT2D eigenvalue weighted by Crippen LogP contribution is -2.23. The minimum absolute atomic E-state index is 0.0817. The van der Waals surface area contributed by atoms with E-state index in [0.717, 1.165) is 5.75 Å². The van der Waals surface area contributed by atoms with Crippen molar-refractivity contribution in [3.05, 3.63) is 0 Å². The van der Waals surface area contributed by atoms with Crippen LogP contribution in [0.2, 0.25) is 0 Å². The molecule has 0 aromatic rings. The van der Waals surface area contributed by atoms with E-state index in [-0.39, 0.29) is 16.8 Å². The van der Waals surface area contributed by atoms with Crippen LogP contribution in [0.3, 0.4) is 0 Å². The Morgan fingerprint density at radius 2 is 2.21 bits per heavy atom. The Hall–Kier alpha value is 0.220. The summed E-state index contributed by atoms with van der Waals surface area (Å²) in [5.41, 5.74) is 5.45. The molecule has 3 atom stereocenters. The Balaban J connectivity index is 2.40. The van der Waals surface area contributed by atoms with Crippen LogP contribution in [-0.2, 0) is 9.84 Å². The second-order valence-corrected chi connectivity index (χ2v) is 7.28. The van der Waals surface area contributed by atoms with Gasteiger partial charge < -0.3 is 10.8 Å². The van der Waals surface area contributed by atoms with Gasteiger partial charge in [0, 0.05) is 5.25 Å². The van der Waals surface area contributed by atoms with Crippen molar-refractivity contribution in [2.75, 3.05) is 23.8 Å². The van der Waals surface area contributed by atoms with Crippen LogP contribution in [0.25, 0.3) is 0 Å². The highest BCUT2D eigenvalue weighted by Crippen LogP contribution is 2.26. The van der Waals surface area contributed by atoms with E-state index in [9.17, 15) is 13.5 Å². The lowest BCUT2D eigenvalue weighted by Gasteiger charge is -2.14. The first-order valence-corrected chi connectivity index (χ1v) is 7.52. The van der Waals surface area contributed by atoms with Crippen molar-refractivity contribution in [3.63, 3.8) is 0 Å². The molecule has 1 saturated heterocycles. The van der Waals surface area contributed by atoms with Crippen LogP contribution in [0.1, 0.15) is 6.92 Å². The van der Waals surface area contributed by atoms with E-state index in [0.29, 0.717) is 12.5 Å². The molecule has 1 rings (SSSR count). The predicted molar refractivity (Wildman–Crippen MR) is 59.1 cm³/mol. The SMILES string of the molecule is CC(CN)CSC1CS(=O)(=O)CC1O. The fourth-order valence-corrected chi connectivity index (χ4v) is 5.08.